The summed E-state index contributed by atoms with van der Waals surface area (Å²) < 4.78 is 8.10. The van der Waals surface area contributed by atoms with Crippen LogP contribution in [0.25, 0.3) is 17.1 Å². The summed E-state index contributed by atoms with van der Waals surface area (Å²) in [5.74, 6) is 0.562. The Morgan fingerprint density at radius 3 is 2.90 bits per heavy atom. The third-order valence-electron chi connectivity index (χ3n) is 3.96. The summed E-state index contributed by atoms with van der Waals surface area (Å²) in [6.07, 6.45) is 1.59. The highest BCUT2D eigenvalue weighted by atomic mass is 32.1. The van der Waals surface area contributed by atoms with Gasteiger partial charge in [-0.25, -0.2) is 14.5 Å². The van der Waals surface area contributed by atoms with Crippen molar-refractivity contribution in [3.63, 3.8) is 0 Å². The van der Waals surface area contributed by atoms with Crippen LogP contribution in [0, 0.1) is 0 Å². The van der Waals surface area contributed by atoms with Crippen LogP contribution in [-0.2, 0) is 22.7 Å². The summed E-state index contributed by atoms with van der Waals surface area (Å²) in [6.45, 7) is 1.49. The number of hydrogen-bond acceptors (Lipinski definition) is 7. The fourth-order valence-electron chi connectivity index (χ4n) is 2.63. The number of nitrogens with zero attached hydrogens (tertiary/aromatic N) is 4. The molecule has 0 saturated carbocycles. The first-order chi connectivity index (χ1) is 14.0. The molecule has 2 amide bonds. The van der Waals surface area contributed by atoms with Gasteiger partial charge in [0.1, 0.15) is 18.0 Å². The zero-order valence-corrected chi connectivity index (χ0v) is 16.1. The minimum Gasteiger partial charge on any atom is -0.458 e. The molecule has 4 aromatic heterocycles. The summed E-state index contributed by atoms with van der Waals surface area (Å²) in [5, 5.41) is 11.6. The molecule has 0 aromatic carbocycles. The lowest BCUT2D eigenvalue weighted by Gasteiger charge is -2.00. The van der Waals surface area contributed by atoms with Gasteiger partial charge >= 0.3 is 5.69 Å². The number of pyridine rings is 1. The Kier molecular flexibility index (Phi) is 4.96. The van der Waals surface area contributed by atoms with Crippen molar-refractivity contribution >= 4 is 33.9 Å². The average molecular weight is 412 g/mol. The Bertz CT molecular complexity index is 1250. The van der Waals surface area contributed by atoms with E-state index in [4.69, 9.17) is 4.42 Å². The van der Waals surface area contributed by atoms with E-state index in [0.717, 1.165) is 4.68 Å². The van der Waals surface area contributed by atoms with Crippen LogP contribution in [-0.4, -0.2) is 31.0 Å². The van der Waals surface area contributed by atoms with Gasteiger partial charge in [-0.1, -0.05) is 6.07 Å². The number of nitrogens with one attached hydrogen (secondary N) is 2. The van der Waals surface area contributed by atoms with Gasteiger partial charge < -0.3 is 15.1 Å². The highest BCUT2D eigenvalue weighted by Crippen LogP contribution is 2.26. The van der Waals surface area contributed by atoms with Crippen LogP contribution in [0.4, 0.5) is 5.13 Å². The second-order valence-corrected chi connectivity index (χ2v) is 6.99. The molecule has 0 spiro atoms. The average Bonchev–Trinajstić information content (AvgIpc) is 3.40. The first-order valence-corrected chi connectivity index (χ1v) is 9.50. The summed E-state index contributed by atoms with van der Waals surface area (Å²) in [4.78, 5) is 39.8. The van der Waals surface area contributed by atoms with E-state index >= 15 is 0 Å². The third kappa shape index (κ3) is 4.09. The molecule has 0 unspecified atom stereocenters. The van der Waals surface area contributed by atoms with Crippen molar-refractivity contribution < 1.29 is 14.0 Å². The standard InChI is InChI=1S/C18H16N6O4S/c1-11(25)19-8-12-5-6-14(28-12)13-10-29-17(20-13)21-16(26)9-24-18(27)23-7-3-2-4-15(23)22-24/h2-7,10H,8-9H2,1H3,(H,19,25)(H,20,21,26). The van der Waals surface area contributed by atoms with Crippen molar-refractivity contribution in [3.05, 3.63) is 58.2 Å². The number of hydrogen-bond donors (Lipinski definition) is 2. The summed E-state index contributed by atoms with van der Waals surface area (Å²) in [7, 11) is 0. The monoisotopic (exact) mass is 412 g/mol. The maximum absolute atomic E-state index is 12.3. The fourth-order valence-corrected chi connectivity index (χ4v) is 3.35. The normalized spacial score (nSPS) is 10.9. The highest BCUT2D eigenvalue weighted by molar-refractivity contribution is 7.14. The zero-order valence-electron chi connectivity index (χ0n) is 15.3. The predicted molar refractivity (Wildman–Crippen MR) is 105 cm³/mol. The van der Waals surface area contributed by atoms with E-state index < -0.39 is 11.6 Å². The molecule has 0 bridgehead atoms. The van der Waals surface area contributed by atoms with E-state index in [2.05, 4.69) is 20.7 Å². The maximum Gasteiger partial charge on any atom is 0.350 e. The van der Waals surface area contributed by atoms with Crippen molar-refractivity contribution in [2.45, 2.75) is 20.0 Å². The van der Waals surface area contributed by atoms with Crippen molar-refractivity contribution in [2.24, 2.45) is 0 Å². The van der Waals surface area contributed by atoms with Gasteiger partial charge in [0.15, 0.2) is 16.5 Å². The number of rotatable bonds is 6. The van der Waals surface area contributed by atoms with Crippen molar-refractivity contribution in [1.82, 2.24) is 24.5 Å². The van der Waals surface area contributed by atoms with Gasteiger partial charge in [0.05, 0.1) is 6.54 Å². The van der Waals surface area contributed by atoms with E-state index in [1.165, 1.54) is 22.7 Å². The van der Waals surface area contributed by atoms with Crippen LogP contribution in [0.3, 0.4) is 0 Å². The molecular formula is C18H16N6O4S. The lowest BCUT2D eigenvalue weighted by molar-refractivity contribution is -0.119. The predicted octanol–water partition coefficient (Wildman–Crippen LogP) is 1.49. The Labute approximate surface area is 167 Å². The van der Waals surface area contributed by atoms with Crippen LogP contribution in [0.2, 0.25) is 0 Å². The maximum atomic E-state index is 12.3. The number of aromatic nitrogens is 4. The molecule has 10 nitrogen and oxygen atoms in total. The number of amides is 2. The van der Waals surface area contributed by atoms with Crippen LogP contribution < -0.4 is 16.3 Å². The third-order valence-corrected chi connectivity index (χ3v) is 4.72. The molecule has 148 valence electrons. The van der Waals surface area contributed by atoms with E-state index in [9.17, 15) is 14.4 Å². The van der Waals surface area contributed by atoms with Gasteiger partial charge in [-0.2, -0.15) is 0 Å². The van der Waals surface area contributed by atoms with Gasteiger partial charge in [0, 0.05) is 18.5 Å². The number of carbonyl (C=O) groups is 2. The highest BCUT2D eigenvalue weighted by Gasteiger charge is 2.14. The molecule has 0 aliphatic carbocycles. The topological polar surface area (TPSA) is 124 Å². The van der Waals surface area contributed by atoms with E-state index in [1.807, 2.05) is 0 Å². The van der Waals surface area contributed by atoms with Gasteiger partial charge in [0.2, 0.25) is 11.8 Å². The molecule has 4 heterocycles. The molecular weight excluding hydrogens is 396 g/mol. The summed E-state index contributed by atoms with van der Waals surface area (Å²) >= 11 is 1.23. The molecule has 11 heteroatoms. The number of anilines is 1. The van der Waals surface area contributed by atoms with E-state index in [-0.39, 0.29) is 19.0 Å². The molecule has 0 aliphatic heterocycles. The second-order valence-electron chi connectivity index (χ2n) is 6.13. The molecule has 0 saturated heterocycles. The summed E-state index contributed by atoms with van der Waals surface area (Å²) in [5.41, 5.74) is 0.636. The van der Waals surface area contributed by atoms with Gasteiger partial charge in [0.25, 0.3) is 0 Å². The molecule has 2 N–H and O–H groups in total. The molecule has 29 heavy (non-hydrogen) atoms. The first kappa shape index (κ1) is 18.6. The van der Waals surface area contributed by atoms with Crippen LogP contribution in [0.5, 0.6) is 0 Å². The molecule has 0 radical (unpaired) electrons. The minimum atomic E-state index is -0.415. The number of furan rings is 1. The van der Waals surface area contributed by atoms with E-state index in [0.29, 0.717) is 28.0 Å². The first-order valence-electron chi connectivity index (χ1n) is 8.63. The van der Waals surface area contributed by atoms with Crippen molar-refractivity contribution in [1.29, 1.82) is 0 Å². The Morgan fingerprint density at radius 1 is 1.24 bits per heavy atom. The van der Waals surface area contributed by atoms with Crippen molar-refractivity contribution in [2.75, 3.05) is 5.32 Å². The number of fused-ring (bicyclic) bond motifs is 1. The Balaban J connectivity index is 1.42. The lowest BCUT2D eigenvalue weighted by Crippen LogP contribution is -2.28. The van der Waals surface area contributed by atoms with Gasteiger partial charge in [-0.15, -0.1) is 16.4 Å². The van der Waals surface area contributed by atoms with Gasteiger partial charge in [-0.05, 0) is 24.3 Å². The molecule has 0 aliphatic rings. The largest absolute Gasteiger partial charge is 0.458 e. The second kappa shape index (κ2) is 7.72. The molecule has 4 rings (SSSR count). The lowest BCUT2D eigenvalue weighted by atomic mass is 10.3. The van der Waals surface area contributed by atoms with Crippen LogP contribution >= 0.6 is 11.3 Å². The summed E-state index contributed by atoms with van der Waals surface area (Å²) in [6, 6.07) is 8.66. The van der Waals surface area contributed by atoms with Crippen molar-refractivity contribution in [3.8, 4) is 11.5 Å². The van der Waals surface area contributed by atoms with Gasteiger partial charge in [-0.3, -0.25) is 14.0 Å². The Morgan fingerprint density at radius 2 is 2.10 bits per heavy atom. The fraction of sp³-hybridized carbons (Fsp3) is 0.167. The molecule has 0 fully saturated rings. The SMILES string of the molecule is CC(=O)NCc1ccc(-c2csc(NC(=O)Cn3nc4ccccn4c3=O)n2)o1. The van der Waals surface area contributed by atoms with E-state index in [1.54, 1.807) is 41.9 Å². The molecule has 0 atom stereocenters. The molecule has 4 aromatic rings. The smallest absolute Gasteiger partial charge is 0.350 e. The number of carbonyl (C=O) groups excluding carboxylic acids is 2. The van der Waals surface area contributed by atoms with Crippen LogP contribution in [0.1, 0.15) is 12.7 Å². The quantitative estimate of drug-likeness (QED) is 0.495. The van der Waals surface area contributed by atoms with Crippen LogP contribution in [0.15, 0.2) is 51.1 Å². The minimum absolute atomic E-state index is 0.147. The Hall–Kier alpha value is -3.73. The zero-order chi connectivity index (χ0) is 20.4. The number of thiazole rings is 1.